The lowest BCUT2D eigenvalue weighted by Crippen LogP contribution is -2.54. The maximum Gasteiger partial charge on any atom is 0.331 e. The number of para-hydroxylation sites is 1. The third-order valence-corrected chi connectivity index (χ3v) is 5.11. The topological polar surface area (TPSA) is 71.4 Å². The summed E-state index contributed by atoms with van der Waals surface area (Å²) in [7, 11) is 0. The SMILES string of the molecule is CCn1cc(/C=C2\C(=O)NC(=O)N(CCc3ccccc3)C2=O)c2ccccc21. The molecule has 2 aromatic carbocycles. The fourth-order valence-electron chi connectivity index (χ4n) is 3.59. The fourth-order valence-corrected chi connectivity index (χ4v) is 3.59. The Labute approximate surface area is 168 Å². The molecule has 4 amide bonds. The first kappa shape index (κ1) is 18.7. The second-order valence-corrected chi connectivity index (χ2v) is 6.90. The largest absolute Gasteiger partial charge is 0.347 e. The summed E-state index contributed by atoms with van der Waals surface area (Å²) in [5.74, 6) is -1.23. The van der Waals surface area contributed by atoms with E-state index in [-0.39, 0.29) is 12.1 Å². The van der Waals surface area contributed by atoms with Crippen LogP contribution in [0, 0.1) is 0 Å². The molecular weight excluding hydrogens is 366 g/mol. The zero-order valence-corrected chi connectivity index (χ0v) is 16.1. The number of rotatable bonds is 5. The molecule has 1 N–H and O–H groups in total. The van der Waals surface area contributed by atoms with Gasteiger partial charge in [0.1, 0.15) is 5.57 Å². The number of aromatic nitrogens is 1. The molecule has 4 rings (SSSR count). The number of carbonyl (C=O) groups excluding carboxylic acids is 3. The number of benzene rings is 2. The number of nitrogens with zero attached hydrogens (tertiary/aromatic N) is 2. The van der Waals surface area contributed by atoms with Gasteiger partial charge in [-0.2, -0.15) is 0 Å². The van der Waals surface area contributed by atoms with Crippen molar-refractivity contribution in [3.05, 3.63) is 77.5 Å². The molecule has 0 radical (unpaired) electrons. The Hall–Kier alpha value is -3.67. The third-order valence-electron chi connectivity index (χ3n) is 5.11. The van der Waals surface area contributed by atoms with Gasteiger partial charge in [-0.05, 0) is 31.1 Å². The van der Waals surface area contributed by atoms with Gasteiger partial charge in [0.15, 0.2) is 0 Å². The zero-order chi connectivity index (χ0) is 20.4. The van der Waals surface area contributed by atoms with Crippen molar-refractivity contribution in [2.24, 2.45) is 0 Å². The number of aryl methyl sites for hydroxylation is 1. The molecular formula is C23H21N3O3. The van der Waals surface area contributed by atoms with Crippen LogP contribution in [0.3, 0.4) is 0 Å². The van der Waals surface area contributed by atoms with Crippen LogP contribution in [-0.4, -0.2) is 33.9 Å². The van der Waals surface area contributed by atoms with E-state index >= 15 is 0 Å². The average Bonchev–Trinajstić information content (AvgIpc) is 3.09. The van der Waals surface area contributed by atoms with Crippen LogP contribution in [-0.2, 0) is 22.6 Å². The van der Waals surface area contributed by atoms with Crippen LogP contribution >= 0.6 is 0 Å². The number of nitrogens with one attached hydrogen (secondary N) is 1. The van der Waals surface area contributed by atoms with E-state index in [0.29, 0.717) is 6.42 Å². The first-order valence-corrected chi connectivity index (χ1v) is 9.59. The van der Waals surface area contributed by atoms with Crippen molar-refractivity contribution in [2.45, 2.75) is 19.9 Å². The summed E-state index contributed by atoms with van der Waals surface area (Å²) < 4.78 is 2.06. The summed E-state index contributed by atoms with van der Waals surface area (Å²) in [5.41, 5.74) is 2.79. The van der Waals surface area contributed by atoms with Gasteiger partial charge in [0.25, 0.3) is 11.8 Å². The van der Waals surface area contributed by atoms with Gasteiger partial charge in [-0.25, -0.2) is 4.79 Å². The minimum absolute atomic E-state index is 0.0309. The number of imide groups is 2. The number of fused-ring (bicyclic) bond motifs is 1. The van der Waals surface area contributed by atoms with Crippen molar-refractivity contribution in [2.75, 3.05) is 6.54 Å². The lowest BCUT2D eigenvalue weighted by molar-refractivity contribution is -0.130. The maximum atomic E-state index is 13.0. The van der Waals surface area contributed by atoms with Gasteiger partial charge in [-0.1, -0.05) is 48.5 Å². The minimum atomic E-state index is -0.677. The van der Waals surface area contributed by atoms with Crippen molar-refractivity contribution in [1.29, 1.82) is 0 Å². The van der Waals surface area contributed by atoms with E-state index in [1.165, 1.54) is 0 Å². The number of barbiturate groups is 1. The summed E-state index contributed by atoms with van der Waals surface area (Å²) in [4.78, 5) is 38.7. The first-order chi connectivity index (χ1) is 14.1. The summed E-state index contributed by atoms with van der Waals surface area (Å²) >= 11 is 0. The van der Waals surface area contributed by atoms with Crippen LogP contribution < -0.4 is 5.32 Å². The first-order valence-electron chi connectivity index (χ1n) is 9.59. The van der Waals surface area contributed by atoms with Crippen molar-refractivity contribution in [3.63, 3.8) is 0 Å². The molecule has 1 saturated heterocycles. The molecule has 1 aliphatic heterocycles. The Kier molecular flexibility index (Phi) is 4.99. The van der Waals surface area contributed by atoms with E-state index in [1.54, 1.807) is 6.08 Å². The normalized spacial score (nSPS) is 16.0. The molecule has 6 nitrogen and oxygen atoms in total. The molecule has 1 fully saturated rings. The van der Waals surface area contributed by atoms with E-state index < -0.39 is 17.8 Å². The lowest BCUT2D eigenvalue weighted by atomic mass is 10.1. The van der Waals surface area contributed by atoms with Gasteiger partial charge < -0.3 is 4.57 Å². The van der Waals surface area contributed by atoms with Crippen molar-refractivity contribution < 1.29 is 14.4 Å². The summed E-state index contributed by atoms with van der Waals surface area (Å²) in [5, 5.41) is 3.24. The van der Waals surface area contributed by atoms with E-state index in [2.05, 4.69) is 9.88 Å². The Morgan fingerprint density at radius 3 is 2.45 bits per heavy atom. The highest BCUT2D eigenvalue weighted by molar-refractivity contribution is 6.31. The van der Waals surface area contributed by atoms with Gasteiger partial charge in [-0.3, -0.25) is 19.8 Å². The predicted molar refractivity (Wildman–Crippen MR) is 111 cm³/mol. The van der Waals surface area contributed by atoms with Gasteiger partial charge in [0, 0.05) is 35.8 Å². The molecule has 1 aromatic heterocycles. The van der Waals surface area contributed by atoms with Crippen LogP contribution in [0.25, 0.3) is 17.0 Å². The number of hydrogen-bond acceptors (Lipinski definition) is 3. The van der Waals surface area contributed by atoms with Crippen LogP contribution in [0.5, 0.6) is 0 Å². The number of amides is 4. The van der Waals surface area contributed by atoms with Gasteiger partial charge in [0.2, 0.25) is 0 Å². The Balaban J connectivity index is 1.65. The van der Waals surface area contributed by atoms with Crippen LogP contribution in [0.4, 0.5) is 4.79 Å². The second-order valence-electron chi connectivity index (χ2n) is 6.90. The minimum Gasteiger partial charge on any atom is -0.347 e. The fraction of sp³-hybridized carbons (Fsp3) is 0.174. The summed E-state index contributed by atoms with van der Waals surface area (Å²) in [6.07, 6.45) is 4.02. The van der Waals surface area contributed by atoms with E-state index in [4.69, 9.17) is 0 Å². The predicted octanol–water partition coefficient (Wildman–Crippen LogP) is 3.37. The standard InChI is InChI=1S/C23H21N3O3/c1-2-25-15-17(18-10-6-7-11-20(18)25)14-19-21(27)24-23(29)26(22(19)28)13-12-16-8-4-3-5-9-16/h3-11,14-15H,2,12-13H2,1H3,(H,24,27,29)/b19-14+. The van der Waals surface area contributed by atoms with Gasteiger partial charge in [-0.15, -0.1) is 0 Å². The Bertz CT molecular complexity index is 1130. The van der Waals surface area contributed by atoms with Crippen molar-refractivity contribution in [1.82, 2.24) is 14.8 Å². The molecule has 1 aliphatic rings. The lowest BCUT2D eigenvalue weighted by Gasteiger charge is -2.26. The number of urea groups is 1. The van der Waals surface area contributed by atoms with Crippen LogP contribution in [0.1, 0.15) is 18.1 Å². The molecule has 146 valence electrons. The molecule has 2 heterocycles. The molecule has 0 bridgehead atoms. The van der Waals surface area contributed by atoms with Crippen LogP contribution in [0.15, 0.2) is 66.4 Å². The van der Waals surface area contributed by atoms with Crippen LogP contribution in [0.2, 0.25) is 0 Å². The van der Waals surface area contributed by atoms with E-state index in [0.717, 1.165) is 33.5 Å². The zero-order valence-electron chi connectivity index (χ0n) is 16.1. The quantitative estimate of drug-likeness (QED) is 0.539. The molecule has 0 spiro atoms. The number of hydrogen-bond donors (Lipinski definition) is 1. The molecule has 29 heavy (non-hydrogen) atoms. The molecule has 0 aliphatic carbocycles. The van der Waals surface area contributed by atoms with E-state index in [9.17, 15) is 14.4 Å². The summed E-state index contributed by atoms with van der Waals surface area (Å²) in [6.45, 7) is 3.01. The molecule has 0 unspecified atom stereocenters. The Morgan fingerprint density at radius 1 is 0.966 bits per heavy atom. The summed E-state index contributed by atoms with van der Waals surface area (Å²) in [6, 6.07) is 16.8. The molecule has 6 heteroatoms. The molecule has 0 atom stereocenters. The average molecular weight is 387 g/mol. The second kappa shape index (κ2) is 7.75. The molecule has 3 aromatic rings. The van der Waals surface area contributed by atoms with Crippen molar-refractivity contribution >= 4 is 34.8 Å². The smallest absolute Gasteiger partial charge is 0.331 e. The van der Waals surface area contributed by atoms with Crippen molar-refractivity contribution in [3.8, 4) is 0 Å². The number of carbonyl (C=O) groups is 3. The van der Waals surface area contributed by atoms with E-state index in [1.807, 2.05) is 67.7 Å². The van der Waals surface area contributed by atoms with Gasteiger partial charge >= 0.3 is 6.03 Å². The Morgan fingerprint density at radius 2 is 1.69 bits per heavy atom. The van der Waals surface area contributed by atoms with Gasteiger partial charge in [0.05, 0.1) is 0 Å². The highest BCUT2D eigenvalue weighted by atomic mass is 16.2. The third kappa shape index (κ3) is 3.57. The highest BCUT2D eigenvalue weighted by Gasteiger charge is 2.35. The monoisotopic (exact) mass is 387 g/mol. The highest BCUT2D eigenvalue weighted by Crippen LogP contribution is 2.25. The maximum absolute atomic E-state index is 13.0. The molecule has 0 saturated carbocycles.